The molecule has 1 aromatic carbocycles. The zero-order valence-corrected chi connectivity index (χ0v) is 14.2. The molecule has 2 atom stereocenters. The van der Waals surface area contributed by atoms with E-state index in [9.17, 15) is 4.79 Å². The summed E-state index contributed by atoms with van der Waals surface area (Å²) in [5.74, 6) is 1.33. The number of thiazole rings is 1. The van der Waals surface area contributed by atoms with Crippen molar-refractivity contribution < 1.29 is 14.3 Å². The quantitative estimate of drug-likeness (QED) is 0.833. The highest BCUT2D eigenvalue weighted by Gasteiger charge is 2.37. The number of hydrogen-bond donors (Lipinski definition) is 0. The average molecular weight is 345 g/mol. The molecule has 126 valence electrons. The first-order chi connectivity index (χ1) is 11.7. The van der Waals surface area contributed by atoms with Crippen LogP contribution >= 0.6 is 11.3 Å². The third-order valence-electron chi connectivity index (χ3n) is 4.37. The van der Waals surface area contributed by atoms with Gasteiger partial charge in [0.25, 0.3) is 5.91 Å². The Morgan fingerprint density at radius 1 is 1.17 bits per heavy atom. The predicted molar refractivity (Wildman–Crippen MR) is 91.9 cm³/mol. The number of carbonyl (C=O) groups is 1. The third-order valence-corrected chi connectivity index (χ3v) is 5.20. The molecule has 2 aromatic rings. The Bertz CT molecular complexity index is 714. The predicted octanol–water partition coefficient (Wildman–Crippen LogP) is 2.02. The molecule has 1 fully saturated rings. The number of fused-ring (bicyclic) bond motifs is 1. The van der Waals surface area contributed by atoms with Gasteiger partial charge in [-0.2, -0.15) is 0 Å². The van der Waals surface area contributed by atoms with Crippen molar-refractivity contribution in [3.8, 4) is 11.5 Å². The normalized spacial score (nSPS) is 23.2. The van der Waals surface area contributed by atoms with Crippen molar-refractivity contribution in [1.82, 2.24) is 9.88 Å². The Balaban J connectivity index is 1.41. The van der Waals surface area contributed by atoms with E-state index in [1.165, 1.54) is 0 Å². The summed E-state index contributed by atoms with van der Waals surface area (Å²) in [7, 11) is 0. The number of aromatic nitrogens is 1. The summed E-state index contributed by atoms with van der Waals surface area (Å²) in [6, 6.07) is 7.47. The highest BCUT2D eigenvalue weighted by molar-refractivity contribution is 7.13. The maximum atomic E-state index is 12.9. The van der Waals surface area contributed by atoms with Crippen molar-refractivity contribution in [2.24, 2.45) is 0 Å². The molecule has 1 aromatic heterocycles. The van der Waals surface area contributed by atoms with Crippen molar-refractivity contribution in [3.63, 3.8) is 0 Å². The second-order valence-corrected chi connectivity index (χ2v) is 6.81. The third kappa shape index (κ3) is 2.80. The molecule has 1 saturated heterocycles. The second kappa shape index (κ2) is 6.32. The topological polar surface area (TPSA) is 54.9 Å². The zero-order chi connectivity index (χ0) is 16.5. The van der Waals surface area contributed by atoms with Crippen LogP contribution in [0.5, 0.6) is 11.5 Å². The molecule has 0 saturated carbocycles. The van der Waals surface area contributed by atoms with Crippen LogP contribution in [0.3, 0.4) is 0 Å². The number of amides is 1. The molecular formula is C17H19N3O3S. The lowest BCUT2D eigenvalue weighted by atomic mass is 10.1. The monoisotopic (exact) mass is 345 g/mol. The standard InChI is InChI=1S/C17H19N3O3S/c1-12-15(23-14-5-3-2-4-13(14)22-12)16(21)19-7-9-20(10-8-19)17-18-6-11-24-17/h2-6,11-12,15H,7-10H2,1H3/t12-,15-/m0/s1. The van der Waals surface area contributed by atoms with Gasteiger partial charge >= 0.3 is 0 Å². The van der Waals surface area contributed by atoms with E-state index in [-0.39, 0.29) is 12.0 Å². The largest absolute Gasteiger partial charge is 0.482 e. The van der Waals surface area contributed by atoms with Gasteiger partial charge in [-0.3, -0.25) is 4.79 Å². The van der Waals surface area contributed by atoms with Gasteiger partial charge in [0, 0.05) is 37.8 Å². The summed E-state index contributed by atoms with van der Waals surface area (Å²) in [4.78, 5) is 21.3. The fourth-order valence-corrected chi connectivity index (χ4v) is 3.76. The van der Waals surface area contributed by atoms with E-state index in [1.54, 1.807) is 11.3 Å². The van der Waals surface area contributed by atoms with Gasteiger partial charge in [-0.05, 0) is 19.1 Å². The number of rotatable bonds is 2. The first kappa shape index (κ1) is 15.3. The van der Waals surface area contributed by atoms with E-state index in [0.29, 0.717) is 24.6 Å². The smallest absolute Gasteiger partial charge is 0.267 e. The van der Waals surface area contributed by atoms with Gasteiger partial charge in [-0.1, -0.05) is 12.1 Å². The highest BCUT2D eigenvalue weighted by Crippen LogP contribution is 2.34. The van der Waals surface area contributed by atoms with E-state index >= 15 is 0 Å². The maximum absolute atomic E-state index is 12.9. The molecule has 0 spiro atoms. The summed E-state index contributed by atoms with van der Waals surface area (Å²) in [6.45, 7) is 4.80. The minimum absolute atomic E-state index is 0.00390. The maximum Gasteiger partial charge on any atom is 0.267 e. The Labute approximate surface area is 144 Å². The number of nitrogens with zero attached hydrogens (tertiary/aromatic N) is 3. The molecule has 0 unspecified atom stereocenters. The Kier molecular flexibility index (Phi) is 4.02. The summed E-state index contributed by atoms with van der Waals surface area (Å²) < 4.78 is 11.8. The summed E-state index contributed by atoms with van der Waals surface area (Å²) >= 11 is 1.63. The molecule has 2 aliphatic rings. The molecule has 3 heterocycles. The number of ether oxygens (including phenoxy) is 2. The fourth-order valence-electron chi connectivity index (χ4n) is 3.06. The van der Waals surface area contributed by atoms with Crippen LogP contribution in [0.2, 0.25) is 0 Å². The molecule has 7 heteroatoms. The SMILES string of the molecule is C[C@@H]1Oc2ccccc2O[C@@H]1C(=O)N1CCN(c2nccs2)CC1. The van der Waals surface area contributed by atoms with Crippen molar-refractivity contribution in [1.29, 1.82) is 0 Å². The molecular weight excluding hydrogens is 326 g/mol. The Morgan fingerprint density at radius 3 is 2.54 bits per heavy atom. The van der Waals surface area contributed by atoms with Crippen molar-refractivity contribution >= 4 is 22.4 Å². The summed E-state index contributed by atoms with van der Waals surface area (Å²) in [5, 5.41) is 2.99. The van der Waals surface area contributed by atoms with Crippen LogP contribution in [-0.4, -0.2) is 54.2 Å². The van der Waals surface area contributed by atoms with Crippen LogP contribution in [0.1, 0.15) is 6.92 Å². The molecule has 0 bridgehead atoms. The minimum atomic E-state index is -0.591. The summed E-state index contributed by atoms with van der Waals surface area (Å²) in [6.07, 6.45) is 0.917. The fraction of sp³-hybridized carbons (Fsp3) is 0.412. The van der Waals surface area contributed by atoms with Gasteiger partial charge in [-0.25, -0.2) is 4.98 Å². The molecule has 1 amide bonds. The molecule has 0 N–H and O–H groups in total. The second-order valence-electron chi connectivity index (χ2n) is 5.94. The van der Waals surface area contributed by atoms with Gasteiger partial charge in [0.15, 0.2) is 16.6 Å². The number of anilines is 1. The van der Waals surface area contributed by atoms with E-state index < -0.39 is 6.10 Å². The van der Waals surface area contributed by atoms with Gasteiger partial charge in [0.05, 0.1) is 0 Å². The first-order valence-corrected chi connectivity index (χ1v) is 8.96. The lowest BCUT2D eigenvalue weighted by molar-refractivity contribution is -0.144. The van der Waals surface area contributed by atoms with Crippen LogP contribution in [0, 0.1) is 0 Å². The van der Waals surface area contributed by atoms with Gasteiger partial charge < -0.3 is 19.3 Å². The van der Waals surface area contributed by atoms with Gasteiger partial charge in [0.2, 0.25) is 6.10 Å². The van der Waals surface area contributed by atoms with Crippen molar-refractivity contribution in [3.05, 3.63) is 35.8 Å². The van der Waals surface area contributed by atoms with E-state index in [2.05, 4.69) is 9.88 Å². The van der Waals surface area contributed by atoms with Crippen molar-refractivity contribution in [2.75, 3.05) is 31.1 Å². The molecule has 0 aliphatic carbocycles. The highest BCUT2D eigenvalue weighted by atomic mass is 32.1. The number of hydrogen-bond acceptors (Lipinski definition) is 6. The van der Waals surface area contributed by atoms with Crippen LogP contribution < -0.4 is 14.4 Å². The van der Waals surface area contributed by atoms with Crippen LogP contribution in [0.25, 0.3) is 0 Å². The number of carbonyl (C=O) groups excluding carboxylic acids is 1. The Hall–Kier alpha value is -2.28. The first-order valence-electron chi connectivity index (χ1n) is 8.08. The molecule has 24 heavy (non-hydrogen) atoms. The van der Waals surface area contributed by atoms with E-state index in [4.69, 9.17) is 9.47 Å². The summed E-state index contributed by atoms with van der Waals surface area (Å²) in [5.41, 5.74) is 0. The van der Waals surface area contributed by atoms with Crippen LogP contribution in [0.4, 0.5) is 5.13 Å². The van der Waals surface area contributed by atoms with Crippen molar-refractivity contribution in [2.45, 2.75) is 19.1 Å². The van der Waals surface area contributed by atoms with Crippen LogP contribution in [0.15, 0.2) is 35.8 Å². The van der Waals surface area contributed by atoms with E-state index in [1.807, 2.05) is 47.7 Å². The van der Waals surface area contributed by atoms with Gasteiger partial charge in [0.1, 0.15) is 6.10 Å². The number of benzene rings is 1. The zero-order valence-electron chi connectivity index (χ0n) is 13.4. The number of para-hydroxylation sites is 2. The lowest BCUT2D eigenvalue weighted by Gasteiger charge is -2.38. The van der Waals surface area contributed by atoms with Gasteiger partial charge in [-0.15, -0.1) is 11.3 Å². The molecule has 2 aliphatic heterocycles. The minimum Gasteiger partial charge on any atom is -0.482 e. The van der Waals surface area contributed by atoms with Crippen LogP contribution in [-0.2, 0) is 4.79 Å². The average Bonchev–Trinajstić information content (AvgIpc) is 3.15. The lowest BCUT2D eigenvalue weighted by Crippen LogP contribution is -2.56. The molecule has 6 nitrogen and oxygen atoms in total. The Morgan fingerprint density at radius 2 is 1.88 bits per heavy atom. The van der Waals surface area contributed by atoms with E-state index in [0.717, 1.165) is 18.2 Å². The number of piperazine rings is 1. The molecule has 4 rings (SSSR count). The molecule has 0 radical (unpaired) electrons.